The summed E-state index contributed by atoms with van der Waals surface area (Å²) in [7, 11) is 0. The van der Waals surface area contributed by atoms with Gasteiger partial charge in [0.2, 0.25) is 0 Å². The van der Waals surface area contributed by atoms with Gasteiger partial charge in [0.15, 0.2) is 0 Å². The van der Waals surface area contributed by atoms with E-state index in [1.165, 1.54) is 0 Å². The highest BCUT2D eigenvalue weighted by Gasteiger charge is 2.01. The molecule has 5 nitrogen and oxygen atoms in total. The summed E-state index contributed by atoms with van der Waals surface area (Å²) >= 11 is 5.78. The van der Waals surface area contributed by atoms with Crippen molar-refractivity contribution in [3.63, 3.8) is 0 Å². The molecule has 0 fully saturated rings. The average Bonchev–Trinajstić information content (AvgIpc) is 2.49. The first-order chi connectivity index (χ1) is 10.2. The van der Waals surface area contributed by atoms with Gasteiger partial charge < -0.3 is 20.3 Å². The second kappa shape index (κ2) is 10.4. The molecule has 6 heteroatoms. The number of hydrogen-bond acceptors (Lipinski definition) is 3. The second-order valence-corrected chi connectivity index (χ2v) is 4.96. The highest BCUT2D eigenvalue weighted by atomic mass is 35.5. The number of amides is 2. The van der Waals surface area contributed by atoms with Gasteiger partial charge >= 0.3 is 6.03 Å². The number of benzene rings is 1. The van der Waals surface area contributed by atoms with Gasteiger partial charge in [0.25, 0.3) is 0 Å². The zero-order valence-corrected chi connectivity index (χ0v) is 13.4. The van der Waals surface area contributed by atoms with Gasteiger partial charge in [0.05, 0.1) is 13.2 Å². The van der Waals surface area contributed by atoms with Crippen molar-refractivity contribution in [2.24, 2.45) is 0 Å². The van der Waals surface area contributed by atoms with Gasteiger partial charge in [0, 0.05) is 23.8 Å². The highest BCUT2D eigenvalue weighted by molar-refractivity contribution is 6.30. The summed E-state index contributed by atoms with van der Waals surface area (Å²) in [5.74, 6) is 0. The smallest absolute Gasteiger partial charge is 0.319 e. The van der Waals surface area contributed by atoms with Gasteiger partial charge in [-0.05, 0) is 37.4 Å². The fraction of sp³-hybridized carbons (Fsp3) is 0.533. The van der Waals surface area contributed by atoms with E-state index in [0.29, 0.717) is 30.5 Å². The molecular weight excluding hydrogens is 290 g/mol. The van der Waals surface area contributed by atoms with Gasteiger partial charge in [-0.3, -0.25) is 0 Å². The third-order valence-corrected chi connectivity index (χ3v) is 3.33. The zero-order chi connectivity index (χ0) is 15.5. The number of urea groups is 1. The van der Waals surface area contributed by atoms with Crippen LogP contribution in [0.4, 0.5) is 10.5 Å². The molecule has 0 heterocycles. The molecule has 0 radical (unpaired) electrons. The van der Waals surface area contributed by atoms with E-state index in [9.17, 15) is 4.79 Å². The number of ether oxygens (including phenoxy) is 1. The summed E-state index contributed by atoms with van der Waals surface area (Å²) in [6, 6.07) is 6.72. The van der Waals surface area contributed by atoms with E-state index in [1.54, 1.807) is 24.3 Å². The van der Waals surface area contributed by atoms with Crippen molar-refractivity contribution in [3.8, 4) is 0 Å². The molecule has 0 aliphatic carbocycles. The lowest BCUT2D eigenvalue weighted by Gasteiger charge is -2.17. The third kappa shape index (κ3) is 7.90. The third-order valence-electron chi connectivity index (χ3n) is 3.08. The van der Waals surface area contributed by atoms with Crippen molar-refractivity contribution < 1.29 is 9.53 Å². The topological polar surface area (TPSA) is 53.6 Å². The van der Waals surface area contributed by atoms with Crippen LogP contribution in [0.1, 0.15) is 13.8 Å². The maximum atomic E-state index is 11.6. The molecule has 2 N–H and O–H groups in total. The molecule has 21 heavy (non-hydrogen) atoms. The fourth-order valence-corrected chi connectivity index (χ4v) is 1.91. The Morgan fingerprint density at radius 2 is 1.86 bits per heavy atom. The van der Waals surface area contributed by atoms with E-state index >= 15 is 0 Å². The Bertz CT molecular complexity index is 408. The quantitative estimate of drug-likeness (QED) is 0.689. The molecule has 1 aromatic carbocycles. The molecule has 0 saturated carbocycles. The zero-order valence-electron chi connectivity index (χ0n) is 12.7. The van der Waals surface area contributed by atoms with Crippen molar-refractivity contribution >= 4 is 23.3 Å². The molecule has 0 spiro atoms. The standard InChI is InChI=1S/C15H24ClN3O2/c1-3-19(4-2)10-12-21-11-9-17-15(20)18-14-7-5-13(16)6-8-14/h5-8H,3-4,9-12H2,1-2H3,(H2,17,18,20). The first kappa shape index (κ1) is 17.8. The van der Waals surface area contributed by atoms with Crippen LogP contribution in [0.5, 0.6) is 0 Å². The number of carbonyl (C=O) groups is 1. The predicted octanol–water partition coefficient (Wildman–Crippen LogP) is 2.82. The lowest BCUT2D eigenvalue weighted by atomic mass is 10.3. The van der Waals surface area contributed by atoms with Crippen molar-refractivity contribution in [2.75, 3.05) is 44.7 Å². The molecule has 1 rings (SSSR count). The summed E-state index contributed by atoms with van der Waals surface area (Å²) in [6.45, 7) is 8.92. The average molecular weight is 314 g/mol. The molecular formula is C15H24ClN3O2. The first-order valence-corrected chi connectivity index (χ1v) is 7.64. The lowest BCUT2D eigenvalue weighted by Crippen LogP contribution is -2.32. The van der Waals surface area contributed by atoms with Gasteiger partial charge in [-0.2, -0.15) is 0 Å². The van der Waals surface area contributed by atoms with E-state index < -0.39 is 0 Å². The molecule has 0 bridgehead atoms. The van der Waals surface area contributed by atoms with E-state index in [4.69, 9.17) is 16.3 Å². The normalized spacial score (nSPS) is 10.7. The number of nitrogens with one attached hydrogen (secondary N) is 2. The van der Waals surface area contributed by atoms with Crippen LogP contribution in [-0.4, -0.2) is 50.3 Å². The summed E-state index contributed by atoms with van der Waals surface area (Å²) in [5, 5.41) is 6.11. The Balaban J connectivity index is 2.07. The number of likely N-dealkylation sites (N-methyl/N-ethyl adjacent to an activating group) is 1. The Labute approximate surface area is 131 Å². The van der Waals surface area contributed by atoms with Gasteiger partial charge in [0.1, 0.15) is 0 Å². The SMILES string of the molecule is CCN(CC)CCOCCNC(=O)Nc1ccc(Cl)cc1. The Morgan fingerprint density at radius 1 is 1.19 bits per heavy atom. The summed E-state index contributed by atoms with van der Waals surface area (Å²) in [5.41, 5.74) is 0.708. The molecule has 0 saturated heterocycles. The van der Waals surface area contributed by atoms with Gasteiger partial charge in [-0.1, -0.05) is 25.4 Å². The van der Waals surface area contributed by atoms with E-state index in [-0.39, 0.29) is 6.03 Å². The maximum absolute atomic E-state index is 11.6. The summed E-state index contributed by atoms with van der Waals surface area (Å²) in [4.78, 5) is 13.9. The largest absolute Gasteiger partial charge is 0.378 e. The molecule has 0 atom stereocenters. The van der Waals surface area contributed by atoms with Crippen LogP contribution in [0.25, 0.3) is 0 Å². The summed E-state index contributed by atoms with van der Waals surface area (Å²) in [6.07, 6.45) is 0. The van der Waals surface area contributed by atoms with E-state index in [0.717, 1.165) is 19.6 Å². The van der Waals surface area contributed by atoms with Crippen LogP contribution >= 0.6 is 11.6 Å². The second-order valence-electron chi connectivity index (χ2n) is 4.53. The highest BCUT2D eigenvalue weighted by Crippen LogP contribution is 2.12. The first-order valence-electron chi connectivity index (χ1n) is 7.26. The van der Waals surface area contributed by atoms with Crippen LogP contribution in [0, 0.1) is 0 Å². The molecule has 2 amide bonds. The molecule has 0 aliphatic heterocycles. The minimum Gasteiger partial charge on any atom is -0.378 e. The van der Waals surface area contributed by atoms with Crippen molar-refractivity contribution in [1.82, 2.24) is 10.2 Å². The molecule has 1 aromatic rings. The molecule has 118 valence electrons. The van der Waals surface area contributed by atoms with Crippen molar-refractivity contribution in [2.45, 2.75) is 13.8 Å². The Hall–Kier alpha value is -1.30. The van der Waals surface area contributed by atoms with Crippen LogP contribution in [-0.2, 0) is 4.74 Å². The minimum absolute atomic E-state index is 0.246. The number of halogens is 1. The Morgan fingerprint density at radius 3 is 2.48 bits per heavy atom. The predicted molar refractivity (Wildman–Crippen MR) is 87.1 cm³/mol. The molecule has 0 aliphatic rings. The van der Waals surface area contributed by atoms with E-state index in [2.05, 4.69) is 29.4 Å². The van der Waals surface area contributed by atoms with Crippen LogP contribution < -0.4 is 10.6 Å². The minimum atomic E-state index is -0.246. The molecule has 0 aromatic heterocycles. The number of carbonyl (C=O) groups excluding carboxylic acids is 1. The number of nitrogens with zero attached hydrogens (tertiary/aromatic N) is 1. The van der Waals surface area contributed by atoms with Crippen LogP contribution in [0.3, 0.4) is 0 Å². The lowest BCUT2D eigenvalue weighted by molar-refractivity contribution is 0.110. The van der Waals surface area contributed by atoms with Crippen molar-refractivity contribution in [1.29, 1.82) is 0 Å². The van der Waals surface area contributed by atoms with Crippen LogP contribution in [0.2, 0.25) is 5.02 Å². The van der Waals surface area contributed by atoms with Crippen LogP contribution in [0.15, 0.2) is 24.3 Å². The number of hydrogen-bond donors (Lipinski definition) is 2. The van der Waals surface area contributed by atoms with Gasteiger partial charge in [-0.15, -0.1) is 0 Å². The van der Waals surface area contributed by atoms with Crippen molar-refractivity contribution in [3.05, 3.63) is 29.3 Å². The van der Waals surface area contributed by atoms with E-state index in [1.807, 2.05) is 0 Å². The Kier molecular flexibility index (Phi) is 8.82. The monoisotopic (exact) mass is 313 g/mol. The number of rotatable bonds is 9. The molecule has 0 unspecified atom stereocenters. The summed E-state index contributed by atoms with van der Waals surface area (Å²) < 4.78 is 5.48. The maximum Gasteiger partial charge on any atom is 0.319 e. The number of anilines is 1. The van der Waals surface area contributed by atoms with Gasteiger partial charge in [-0.25, -0.2) is 4.79 Å². The fourth-order valence-electron chi connectivity index (χ4n) is 1.78.